The lowest BCUT2D eigenvalue weighted by atomic mass is 9.83. The molecule has 0 radical (unpaired) electrons. The van der Waals surface area contributed by atoms with E-state index in [0.717, 1.165) is 25.7 Å². The maximum atomic E-state index is 12.8. The lowest BCUT2D eigenvalue weighted by Crippen LogP contribution is -2.43. The molecule has 0 aromatic heterocycles. The Morgan fingerprint density at radius 1 is 1.25 bits per heavy atom. The van der Waals surface area contributed by atoms with E-state index in [0.29, 0.717) is 29.6 Å². The fraction of sp³-hybridized carbons (Fsp3) is 0.591. The molecule has 1 aromatic rings. The Bertz CT molecular complexity index is 919. The molecule has 9 nitrogen and oxygen atoms in total. The van der Waals surface area contributed by atoms with E-state index in [2.05, 4.69) is 15.6 Å². The summed E-state index contributed by atoms with van der Waals surface area (Å²) in [5, 5.41) is 9.20. The largest absolute Gasteiger partial charge is 0.435 e. The lowest BCUT2D eigenvalue weighted by Gasteiger charge is -2.31. The number of ether oxygens (including phenoxy) is 1. The van der Waals surface area contributed by atoms with Crippen LogP contribution in [0.25, 0.3) is 0 Å². The van der Waals surface area contributed by atoms with Gasteiger partial charge < -0.3 is 4.74 Å². The number of benzene rings is 1. The molecule has 1 N–H and O–H groups in total. The van der Waals surface area contributed by atoms with Crippen molar-refractivity contribution in [2.75, 3.05) is 0 Å². The van der Waals surface area contributed by atoms with Crippen molar-refractivity contribution in [3.63, 3.8) is 0 Å². The van der Waals surface area contributed by atoms with Crippen LogP contribution in [0.15, 0.2) is 47.4 Å². The summed E-state index contributed by atoms with van der Waals surface area (Å²) in [5.74, 6) is 0.644. The highest BCUT2D eigenvalue weighted by molar-refractivity contribution is 7.89. The molecule has 1 aromatic carbocycles. The van der Waals surface area contributed by atoms with Gasteiger partial charge in [-0.15, -0.1) is 10.1 Å². The van der Waals surface area contributed by atoms with Gasteiger partial charge in [-0.05, 0) is 75.3 Å². The van der Waals surface area contributed by atoms with Crippen LogP contribution >= 0.6 is 0 Å². The molecule has 2 fully saturated rings. The molecule has 0 aliphatic heterocycles. The van der Waals surface area contributed by atoms with Gasteiger partial charge in [0.05, 0.1) is 4.90 Å². The summed E-state index contributed by atoms with van der Waals surface area (Å²) < 4.78 is 33.4. The molecule has 2 aliphatic rings. The first-order valence-electron chi connectivity index (χ1n) is 11.0. The van der Waals surface area contributed by atoms with E-state index in [9.17, 15) is 23.3 Å². The molecule has 2 bridgehead atoms. The lowest BCUT2D eigenvalue weighted by molar-refractivity contribution is -0.777. The van der Waals surface area contributed by atoms with Gasteiger partial charge in [0.15, 0.2) is 0 Å². The number of unbranched alkanes of at least 4 members (excludes halogenated alkanes) is 1. The normalized spacial score (nSPS) is 25.7. The van der Waals surface area contributed by atoms with Gasteiger partial charge >= 0.3 is 5.97 Å². The summed E-state index contributed by atoms with van der Waals surface area (Å²) in [5.41, 5.74) is 0. The van der Waals surface area contributed by atoms with Crippen LogP contribution in [0.2, 0.25) is 0 Å². The summed E-state index contributed by atoms with van der Waals surface area (Å²) >= 11 is 0. The Balaban J connectivity index is 1.45. The zero-order valence-corrected chi connectivity index (χ0v) is 18.9. The van der Waals surface area contributed by atoms with Gasteiger partial charge in [-0.25, -0.2) is 13.1 Å². The van der Waals surface area contributed by atoms with Gasteiger partial charge in [0.25, 0.3) is 5.09 Å². The first-order chi connectivity index (χ1) is 15.3. The van der Waals surface area contributed by atoms with E-state index in [1.54, 1.807) is 30.3 Å². The topological polar surface area (TPSA) is 125 Å². The Morgan fingerprint density at radius 3 is 2.69 bits per heavy atom. The maximum Gasteiger partial charge on any atom is 0.307 e. The van der Waals surface area contributed by atoms with Crippen molar-refractivity contribution in [1.29, 1.82) is 0 Å². The van der Waals surface area contributed by atoms with Crippen LogP contribution in [0.1, 0.15) is 51.9 Å². The van der Waals surface area contributed by atoms with Crippen molar-refractivity contribution in [3.05, 3.63) is 52.6 Å². The van der Waals surface area contributed by atoms with Gasteiger partial charge in [0, 0.05) is 12.5 Å². The van der Waals surface area contributed by atoms with Gasteiger partial charge in [-0.1, -0.05) is 30.4 Å². The van der Waals surface area contributed by atoms with Crippen molar-refractivity contribution in [2.24, 2.45) is 17.8 Å². The first-order valence-corrected chi connectivity index (χ1v) is 12.5. The number of nitrogens with one attached hydrogen (secondary N) is 1. The minimum atomic E-state index is -3.54. The standard InChI is InChI=1S/C22H30N2O7S/c1-16(31-24(26)27)30-21(25)12-8-3-2-7-11-20-17-13-14-18(15-17)22(20)23-32(28,29)19-9-5-4-6-10-19/h2,4-7,9-10,16-18,20,22-23H,3,8,11-15H2,1H3/b7-2-/t16?,17-,18+,20+,22+/m1/s1. The number of fused-ring (bicyclic) bond motifs is 2. The van der Waals surface area contributed by atoms with Crippen LogP contribution in [0.3, 0.4) is 0 Å². The molecule has 0 amide bonds. The summed E-state index contributed by atoms with van der Waals surface area (Å²) in [6.45, 7) is 1.29. The number of esters is 1. The zero-order chi connectivity index (χ0) is 23.1. The third-order valence-electron chi connectivity index (χ3n) is 6.29. The fourth-order valence-corrected chi connectivity index (χ4v) is 6.28. The van der Waals surface area contributed by atoms with Gasteiger partial charge in [-0.3, -0.25) is 9.63 Å². The Morgan fingerprint density at radius 2 is 1.97 bits per heavy atom. The highest BCUT2D eigenvalue weighted by Crippen LogP contribution is 2.50. The van der Waals surface area contributed by atoms with Crippen LogP contribution in [0, 0.1) is 27.9 Å². The second kappa shape index (κ2) is 10.9. The van der Waals surface area contributed by atoms with E-state index in [4.69, 9.17) is 4.74 Å². The molecule has 10 heteroatoms. The predicted octanol–water partition coefficient (Wildman–Crippen LogP) is 3.59. The summed E-state index contributed by atoms with van der Waals surface area (Å²) in [6.07, 6.45) is 8.28. The molecular weight excluding hydrogens is 436 g/mol. The zero-order valence-electron chi connectivity index (χ0n) is 18.1. The van der Waals surface area contributed by atoms with E-state index < -0.39 is 27.4 Å². The molecule has 2 aliphatic carbocycles. The Kier molecular flexibility index (Phi) is 8.25. The molecule has 32 heavy (non-hydrogen) atoms. The smallest absolute Gasteiger partial charge is 0.307 e. The van der Waals surface area contributed by atoms with Crippen LogP contribution in [-0.4, -0.2) is 31.8 Å². The first kappa shape index (κ1) is 24.2. The summed E-state index contributed by atoms with van der Waals surface area (Å²) in [6, 6.07) is 8.41. The summed E-state index contributed by atoms with van der Waals surface area (Å²) in [4.78, 5) is 26.3. The van der Waals surface area contributed by atoms with Gasteiger partial charge in [0.2, 0.25) is 16.3 Å². The van der Waals surface area contributed by atoms with Crippen LogP contribution in [0.5, 0.6) is 0 Å². The number of hydrogen-bond acceptors (Lipinski definition) is 7. The van der Waals surface area contributed by atoms with E-state index in [1.807, 2.05) is 6.08 Å². The minimum absolute atomic E-state index is 0.0540. The average Bonchev–Trinajstić information content (AvgIpc) is 3.32. The Labute approximate surface area is 188 Å². The predicted molar refractivity (Wildman–Crippen MR) is 116 cm³/mol. The molecule has 2 saturated carbocycles. The van der Waals surface area contributed by atoms with Crippen molar-refractivity contribution in [2.45, 2.75) is 69.1 Å². The second-order valence-corrected chi connectivity index (χ2v) is 10.2. The molecule has 3 rings (SSSR count). The van der Waals surface area contributed by atoms with Crippen molar-refractivity contribution < 1.29 is 27.9 Å². The van der Waals surface area contributed by atoms with Crippen molar-refractivity contribution in [3.8, 4) is 0 Å². The van der Waals surface area contributed by atoms with Crippen LogP contribution < -0.4 is 4.72 Å². The number of rotatable bonds is 12. The monoisotopic (exact) mass is 466 g/mol. The molecule has 1 unspecified atom stereocenters. The second-order valence-electron chi connectivity index (χ2n) is 8.44. The number of carbonyl (C=O) groups excluding carboxylic acids is 1. The highest BCUT2D eigenvalue weighted by atomic mass is 32.2. The SMILES string of the molecule is CC(OC(=O)CCC/C=C\C[C@H]1[C@@H]2CC[C@@H](C2)[C@@H]1NS(=O)(=O)c1ccccc1)O[N+](=O)[O-]. The van der Waals surface area contributed by atoms with Crippen molar-refractivity contribution in [1.82, 2.24) is 4.72 Å². The highest BCUT2D eigenvalue weighted by Gasteiger charge is 2.48. The van der Waals surface area contributed by atoms with E-state index in [-0.39, 0.29) is 18.4 Å². The third kappa shape index (κ3) is 6.52. The number of carbonyl (C=O) groups is 1. The minimum Gasteiger partial charge on any atom is -0.435 e. The number of nitrogens with zero attached hydrogens (tertiary/aromatic N) is 1. The maximum absolute atomic E-state index is 12.8. The molecular formula is C22H30N2O7S. The number of hydrogen-bond donors (Lipinski definition) is 1. The quantitative estimate of drug-likeness (QED) is 0.125. The number of sulfonamides is 1. The number of allylic oxidation sites excluding steroid dienone is 2. The molecule has 176 valence electrons. The van der Waals surface area contributed by atoms with E-state index in [1.165, 1.54) is 6.92 Å². The molecule has 0 heterocycles. The van der Waals surface area contributed by atoms with Crippen LogP contribution in [0.4, 0.5) is 0 Å². The third-order valence-corrected chi connectivity index (χ3v) is 7.77. The molecule has 0 spiro atoms. The molecule has 5 atom stereocenters. The average molecular weight is 467 g/mol. The summed E-state index contributed by atoms with van der Waals surface area (Å²) in [7, 11) is -3.54. The van der Waals surface area contributed by atoms with Gasteiger partial charge in [-0.2, -0.15) is 0 Å². The van der Waals surface area contributed by atoms with Crippen LogP contribution in [-0.2, 0) is 24.4 Å². The van der Waals surface area contributed by atoms with Crippen molar-refractivity contribution >= 4 is 16.0 Å². The van der Waals surface area contributed by atoms with Gasteiger partial charge in [0.1, 0.15) is 0 Å². The fourth-order valence-electron chi connectivity index (χ4n) is 4.90. The Hall–Kier alpha value is -2.46. The van der Waals surface area contributed by atoms with E-state index >= 15 is 0 Å². The molecule has 0 saturated heterocycles.